The second-order valence-electron chi connectivity index (χ2n) is 5.19. The number of phenols is 1. The van der Waals surface area contributed by atoms with Gasteiger partial charge in [-0.15, -0.1) is 0 Å². The highest BCUT2D eigenvalue weighted by Crippen LogP contribution is 2.23. The predicted octanol–water partition coefficient (Wildman–Crippen LogP) is 2.65. The molecular weight excluding hydrogens is 260 g/mol. The van der Waals surface area contributed by atoms with Crippen LogP contribution >= 0.6 is 0 Å². The van der Waals surface area contributed by atoms with Crippen LogP contribution in [0.1, 0.15) is 33.3 Å². The van der Waals surface area contributed by atoms with E-state index in [-0.39, 0.29) is 5.75 Å². The summed E-state index contributed by atoms with van der Waals surface area (Å²) in [6.07, 6.45) is -0.653. The van der Waals surface area contributed by atoms with Crippen LogP contribution in [0.25, 0.3) is 0 Å². The lowest BCUT2D eigenvalue weighted by atomic mass is 10.1. The minimum atomic E-state index is -0.653. The Hall–Kier alpha value is -2.24. The van der Waals surface area contributed by atoms with Gasteiger partial charge >= 0.3 is 6.09 Å². The van der Waals surface area contributed by atoms with E-state index in [2.05, 4.69) is 10.5 Å². The first-order chi connectivity index (χ1) is 9.23. The van der Waals surface area contributed by atoms with Crippen LogP contribution in [0, 0.1) is 0 Å². The largest absolute Gasteiger partial charge is 0.507 e. The first-order valence-corrected chi connectivity index (χ1v) is 6.13. The van der Waals surface area contributed by atoms with E-state index >= 15 is 0 Å². The van der Waals surface area contributed by atoms with Crippen molar-refractivity contribution >= 4 is 11.8 Å². The second kappa shape index (κ2) is 6.27. The molecule has 0 aliphatic heterocycles. The highest BCUT2D eigenvalue weighted by atomic mass is 16.6. The van der Waals surface area contributed by atoms with E-state index in [0.29, 0.717) is 17.0 Å². The quantitative estimate of drug-likeness (QED) is 0.659. The van der Waals surface area contributed by atoms with Crippen LogP contribution in [-0.4, -0.2) is 29.6 Å². The highest BCUT2D eigenvalue weighted by Gasteiger charge is 2.16. The second-order valence-corrected chi connectivity index (χ2v) is 5.19. The average molecular weight is 280 g/mol. The van der Waals surface area contributed by atoms with Crippen molar-refractivity contribution in [2.24, 2.45) is 5.10 Å². The molecule has 0 heterocycles. The average Bonchev–Trinajstić information content (AvgIpc) is 2.34. The lowest BCUT2D eigenvalue weighted by molar-refractivity contribution is 0.0529. The lowest BCUT2D eigenvalue weighted by Crippen LogP contribution is -2.30. The molecule has 0 aromatic heterocycles. The fourth-order valence-electron chi connectivity index (χ4n) is 1.42. The van der Waals surface area contributed by atoms with Gasteiger partial charge in [0.15, 0.2) is 0 Å². The molecule has 2 N–H and O–H groups in total. The van der Waals surface area contributed by atoms with Crippen LogP contribution in [0.3, 0.4) is 0 Å². The molecule has 0 radical (unpaired) electrons. The molecule has 6 nitrogen and oxygen atoms in total. The number of benzene rings is 1. The maximum Gasteiger partial charge on any atom is 0.428 e. The highest BCUT2D eigenvalue weighted by molar-refractivity contribution is 6.01. The Morgan fingerprint density at radius 2 is 2.00 bits per heavy atom. The number of nitrogens with zero attached hydrogens (tertiary/aromatic N) is 1. The number of aromatic hydroxyl groups is 1. The normalized spacial score (nSPS) is 11.9. The standard InChI is InChI=1S/C14H20N2O4/c1-9(15-16-13(18)20-14(2,3)4)11-8-10(19-5)6-7-12(11)17/h6-8,17H,1-5H3,(H,16,18)/b15-9+. The molecule has 0 fully saturated rings. The molecule has 0 aliphatic carbocycles. The third-order valence-corrected chi connectivity index (χ3v) is 2.31. The number of methoxy groups -OCH3 is 1. The summed E-state index contributed by atoms with van der Waals surface area (Å²) in [7, 11) is 1.53. The molecule has 110 valence electrons. The Bertz CT molecular complexity index is 518. The smallest absolute Gasteiger partial charge is 0.428 e. The third-order valence-electron chi connectivity index (χ3n) is 2.31. The SMILES string of the molecule is COc1ccc(O)c(/C(C)=N/NC(=O)OC(C)(C)C)c1. The topological polar surface area (TPSA) is 80.2 Å². The van der Waals surface area contributed by atoms with Crippen molar-refractivity contribution in [3.8, 4) is 11.5 Å². The van der Waals surface area contributed by atoms with Crippen LogP contribution in [0.4, 0.5) is 4.79 Å². The van der Waals surface area contributed by atoms with Gasteiger partial charge in [-0.2, -0.15) is 5.10 Å². The third kappa shape index (κ3) is 4.79. The predicted molar refractivity (Wildman–Crippen MR) is 76.2 cm³/mol. The summed E-state index contributed by atoms with van der Waals surface area (Å²) < 4.78 is 10.1. The van der Waals surface area contributed by atoms with Crippen molar-refractivity contribution in [2.45, 2.75) is 33.3 Å². The van der Waals surface area contributed by atoms with Gasteiger partial charge in [0.2, 0.25) is 0 Å². The van der Waals surface area contributed by atoms with Gasteiger partial charge in [-0.3, -0.25) is 0 Å². The summed E-state index contributed by atoms with van der Waals surface area (Å²) >= 11 is 0. The fraction of sp³-hybridized carbons (Fsp3) is 0.429. The van der Waals surface area contributed by atoms with Gasteiger partial charge in [0.25, 0.3) is 0 Å². The Balaban J connectivity index is 2.81. The Kier molecular flexibility index (Phi) is 4.96. The molecule has 0 aliphatic rings. The van der Waals surface area contributed by atoms with Crippen molar-refractivity contribution in [1.29, 1.82) is 0 Å². The summed E-state index contributed by atoms with van der Waals surface area (Å²) in [6.45, 7) is 6.94. The number of hydrogen-bond acceptors (Lipinski definition) is 5. The number of rotatable bonds is 3. The molecule has 1 aromatic carbocycles. The molecule has 1 aromatic rings. The molecule has 0 saturated carbocycles. The number of carbonyl (C=O) groups is 1. The summed E-state index contributed by atoms with van der Waals surface area (Å²) in [4.78, 5) is 11.5. The molecule has 0 spiro atoms. The molecule has 0 atom stereocenters. The minimum Gasteiger partial charge on any atom is -0.507 e. The number of phenolic OH excluding ortho intramolecular Hbond substituents is 1. The fourth-order valence-corrected chi connectivity index (χ4v) is 1.42. The molecule has 0 saturated heterocycles. The van der Waals surface area contributed by atoms with E-state index in [1.165, 1.54) is 13.2 Å². The molecule has 6 heteroatoms. The van der Waals surface area contributed by atoms with Crippen LogP contribution < -0.4 is 10.2 Å². The molecule has 0 bridgehead atoms. The Labute approximate surface area is 118 Å². The van der Waals surface area contributed by atoms with E-state index in [9.17, 15) is 9.90 Å². The van der Waals surface area contributed by atoms with Gasteiger partial charge in [0.1, 0.15) is 17.1 Å². The minimum absolute atomic E-state index is 0.0537. The number of nitrogens with one attached hydrogen (secondary N) is 1. The van der Waals surface area contributed by atoms with Crippen molar-refractivity contribution in [3.63, 3.8) is 0 Å². The van der Waals surface area contributed by atoms with Crippen LogP contribution in [0.15, 0.2) is 23.3 Å². The summed E-state index contributed by atoms with van der Waals surface area (Å²) in [5, 5.41) is 13.7. The first-order valence-electron chi connectivity index (χ1n) is 6.13. The van der Waals surface area contributed by atoms with E-state index < -0.39 is 11.7 Å². The van der Waals surface area contributed by atoms with Crippen LogP contribution in [0.2, 0.25) is 0 Å². The number of amides is 1. The molecule has 20 heavy (non-hydrogen) atoms. The van der Waals surface area contributed by atoms with E-state index in [1.807, 2.05) is 0 Å². The zero-order valence-corrected chi connectivity index (χ0v) is 12.4. The van der Waals surface area contributed by atoms with Crippen molar-refractivity contribution in [3.05, 3.63) is 23.8 Å². The maximum absolute atomic E-state index is 11.5. The Morgan fingerprint density at radius 3 is 2.55 bits per heavy atom. The molecule has 1 amide bonds. The number of ether oxygens (including phenoxy) is 2. The van der Waals surface area contributed by atoms with E-state index in [4.69, 9.17) is 9.47 Å². The summed E-state index contributed by atoms with van der Waals surface area (Å²) in [5.41, 5.74) is 2.60. The Morgan fingerprint density at radius 1 is 1.35 bits per heavy atom. The van der Waals surface area contributed by atoms with Gasteiger partial charge < -0.3 is 14.6 Å². The molecular formula is C14H20N2O4. The lowest BCUT2D eigenvalue weighted by Gasteiger charge is -2.18. The summed E-state index contributed by atoms with van der Waals surface area (Å²) in [5.74, 6) is 0.641. The van der Waals surface area contributed by atoms with Gasteiger partial charge in [0.05, 0.1) is 12.8 Å². The molecule has 0 unspecified atom stereocenters. The number of carbonyl (C=O) groups excluding carboxylic acids is 1. The maximum atomic E-state index is 11.5. The van der Waals surface area contributed by atoms with Crippen molar-refractivity contribution < 1.29 is 19.4 Å². The van der Waals surface area contributed by atoms with E-state index in [1.54, 1.807) is 39.8 Å². The summed E-state index contributed by atoms with van der Waals surface area (Å²) in [6, 6.07) is 4.76. The van der Waals surface area contributed by atoms with Crippen LogP contribution in [-0.2, 0) is 4.74 Å². The van der Waals surface area contributed by atoms with Gasteiger partial charge in [-0.05, 0) is 45.9 Å². The number of hydrogen-bond donors (Lipinski definition) is 2. The van der Waals surface area contributed by atoms with Gasteiger partial charge in [0, 0.05) is 5.56 Å². The zero-order valence-electron chi connectivity index (χ0n) is 12.4. The zero-order chi connectivity index (χ0) is 15.3. The van der Waals surface area contributed by atoms with Gasteiger partial charge in [-0.25, -0.2) is 10.2 Å². The van der Waals surface area contributed by atoms with Crippen LogP contribution in [0.5, 0.6) is 11.5 Å². The molecule has 1 rings (SSSR count). The number of hydrazone groups is 1. The monoisotopic (exact) mass is 280 g/mol. The van der Waals surface area contributed by atoms with Gasteiger partial charge in [-0.1, -0.05) is 0 Å². The van der Waals surface area contributed by atoms with E-state index in [0.717, 1.165) is 0 Å². The van der Waals surface area contributed by atoms with Crippen molar-refractivity contribution in [1.82, 2.24) is 5.43 Å². The van der Waals surface area contributed by atoms with Crippen molar-refractivity contribution in [2.75, 3.05) is 7.11 Å². The first kappa shape index (κ1) is 15.8.